The highest BCUT2D eigenvalue weighted by Gasteiger charge is 2.25. The van der Waals surface area contributed by atoms with Crippen molar-refractivity contribution < 1.29 is 14.3 Å². The normalized spacial score (nSPS) is 19.2. The van der Waals surface area contributed by atoms with E-state index in [4.69, 9.17) is 9.47 Å². The van der Waals surface area contributed by atoms with Crippen molar-refractivity contribution in [3.63, 3.8) is 0 Å². The molecular formula is C20H32N4O3. The minimum absolute atomic E-state index is 0.265. The lowest BCUT2D eigenvalue weighted by Gasteiger charge is -2.38. The Morgan fingerprint density at radius 3 is 2.19 bits per heavy atom. The Kier molecular flexibility index (Phi) is 6.79. The standard InChI is InChI=1S/C20H32N4O3/c1-4-21-7-13-24(14-8-21)20(25)16-22-9-11-23(12-10-22)18-6-5-17(26-2)15-19(18)27-3/h5-6,15H,4,7-14,16H2,1-3H3. The second-order valence-corrected chi connectivity index (χ2v) is 7.12. The average molecular weight is 377 g/mol. The molecule has 0 aromatic heterocycles. The first-order valence-electron chi connectivity index (χ1n) is 9.84. The van der Waals surface area contributed by atoms with E-state index < -0.39 is 0 Å². The van der Waals surface area contributed by atoms with Crippen LogP contribution in [0.25, 0.3) is 0 Å². The lowest BCUT2D eigenvalue weighted by Crippen LogP contribution is -2.53. The fraction of sp³-hybridized carbons (Fsp3) is 0.650. The van der Waals surface area contributed by atoms with Gasteiger partial charge in [0.2, 0.25) is 5.91 Å². The molecule has 7 nitrogen and oxygen atoms in total. The van der Waals surface area contributed by atoms with Gasteiger partial charge in [-0.05, 0) is 18.7 Å². The van der Waals surface area contributed by atoms with Crippen LogP contribution >= 0.6 is 0 Å². The molecule has 0 radical (unpaired) electrons. The Morgan fingerprint density at radius 2 is 1.59 bits per heavy atom. The van der Waals surface area contributed by atoms with Crippen LogP contribution in [0.5, 0.6) is 11.5 Å². The van der Waals surface area contributed by atoms with Crippen molar-refractivity contribution in [2.45, 2.75) is 6.92 Å². The Balaban J connectivity index is 1.50. The van der Waals surface area contributed by atoms with Gasteiger partial charge in [-0.1, -0.05) is 6.92 Å². The first-order valence-corrected chi connectivity index (χ1v) is 9.84. The Bertz CT molecular complexity index is 624. The first-order chi connectivity index (χ1) is 13.1. The first kappa shape index (κ1) is 19.8. The highest BCUT2D eigenvalue weighted by Crippen LogP contribution is 2.32. The molecule has 1 aromatic rings. The molecule has 27 heavy (non-hydrogen) atoms. The summed E-state index contributed by atoms with van der Waals surface area (Å²) in [4.78, 5) is 21.6. The van der Waals surface area contributed by atoms with E-state index in [0.29, 0.717) is 6.54 Å². The van der Waals surface area contributed by atoms with Crippen LogP contribution in [0.4, 0.5) is 5.69 Å². The summed E-state index contributed by atoms with van der Waals surface area (Å²) in [6.45, 7) is 11.0. The second-order valence-electron chi connectivity index (χ2n) is 7.12. The van der Waals surface area contributed by atoms with Gasteiger partial charge in [0.1, 0.15) is 11.5 Å². The summed E-state index contributed by atoms with van der Waals surface area (Å²) in [6.07, 6.45) is 0. The highest BCUT2D eigenvalue weighted by molar-refractivity contribution is 5.78. The van der Waals surface area contributed by atoms with Crippen molar-refractivity contribution >= 4 is 11.6 Å². The lowest BCUT2D eigenvalue weighted by molar-refractivity contribution is -0.134. The van der Waals surface area contributed by atoms with Gasteiger partial charge < -0.3 is 24.2 Å². The molecule has 0 unspecified atom stereocenters. The van der Waals surface area contributed by atoms with Crippen LogP contribution in [-0.4, -0.2) is 100 Å². The molecule has 0 aliphatic carbocycles. The smallest absolute Gasteiger partial charge is 0.236 e. The van der Waals surface area contributed by atoms with Crippen LogP contribution < -0.4 is 14.4 Å². The summed E-state index contributed by atoms with van der Waals surface area (Å²) in [7, 11) is 3.35. The molecule has 0 spiro atoms. The van der Waals surface area contributed by atoms with Gasteiger partial charge in [-0.25, -0.2) is 0 Å². The van der Waals surface area contributed by atoms with E-state index in [1.54, 1.807) is 14.2 Å². The minimum atomic E-state index is 0.265. The van der Waals surface area contributed by atoms with Gasteiger partial charge in [0.25, 0.3) is 0 Å². The van der Waals surface area contributed by atoms with E-state index in [1.165, 1.54) is 0 Å². The molecule has 2 aliphatic rings. The zero-order valence-corrected chi connectivity index (χ0v) is 16.8. The Labute approximate surface area is 162 Å². The highest BCUT2D eigenvalue weighted by atomic mass is 16.5. The van der Waals surface area contributed by atoms with E-state index in [9.17, 15) is 4.79 Å². The van der Waals surface area contributed by atoms with Gasteiger partial charge >= 0.3 is 0 Å². The summed E-state index contributed by atoms with van der Waals surface area (Å²) in [5.41, 5.74) is 1.08. The molecule has 7 heteroatoms. The molecule has 0 N–H and O–H groups in total. The summed E-state index contributed by atoms with van der Waals surface area (Å²) >= 11 is 0. The van der Waals surface area contributed by atoms with E-state index in [0.717, 1.165) is 76.1 Å². The topological polar surface area (TPSA) is 48.5 Å². The van der Waals surface area contributed by atoms with Crippen LogP contribution in [0.2, 0.25) is 0 Å². The number of rotatable bonds is 6. The quantitative estimate of drug-likeness (QED) is 0.738. The second kappa shape index (κ2) is 9.28. The van der Waals surface area contributed by atoms with Crippen molar-refractivity contribution in [3.8, 4) is 11.5 Å². The Morgan fingerprint density at radius 1 is 0.926 bits per heavy atom. The minimum Gasteiger partial charge on any atom is -0.497 e. The van der Waals surface area contributed by atoms with E-state index in [2.05, 4.69) is 21.6 Å². The molecule has 1 aromatic carbocycles. The van der Waals surface area contributed by atoms with Gasteiger partial charge in [0.05, 0.1) is 26.5 Å². The number of anilines is 1. The molecule has 2 fully saturated rings. The summed E-state index contributed by atoms with van der Waals surface area (Å²) in [6, 6.07) is 5.93. The molecule has 2 heterocycles. The SMILES string of the molecule is CCN1CCN(C(=O)CN2CCN(c3ccc(OC)cc3OC)CC2)CC1. The van der Waals surface area contributed by atoms with E-state index in [1.807, 2.05) is 23.1 Å². The number of amides is 1. The summed E-state index contributed by atoms with van der Waals surface area (Å²) < 4.78 is 10.8. The van der Waals surface area contributed by atoms with Crippen LogP contribution in [0.1, 0.15) is 6.92 Å². The van der Waals surface area contributed by atoms with Gasteiger partial charge in [-0.3, -0.25) is 9.69 Å². The fourth-order valence-electron chi connectivity index (χ4n) is 3.80. The number of carbonyl (C=O) groups excluding carboxylic acids is 1. The number of hydrogen-bond acceptors (Lipinski definition) is 6. The molecule has 150 valence electrons. The molecule has 0 atom stereocenters. The number of nitrogens with zero attached hydrogens (tertiary/aromatic N) is 4. The number of benzene rings is 1. The number of methoxy groups -OCH3 is 2. The number of carbonyl (C=O) groups is 1. The van der Waals surface area contributed by atoms with Gasteiger partial charge in [-0.2, -0.15) is 0 Å². The molecule has 0 saturated carbocycles. The summed E-state index contributed by atoms with van der Waals surface area (Å²) in [5, 5.41) is 0. The van der Waals surface area contributed by atoms with Gasteiger partial charge in [-0.15, -0.1) is 0 Å². The van der Waals surface area contributed by atoms with Crippen molar-refractivity contribution in [1.29, 1.82) is 0 Å². The maximum atomic E-state index is 12.6. The predicted molar refractivity (Wildman–Crippen MR) is 107 cm³/mol. The zero-order chi connectivity index (χ0) is 19.2. The van der Waals surface area contributed by atoms with E-state index in [-0.39, 0.29) is 5.91 Å². The molecule has 2 saturated heterocycles. The predicted octanol–water partition coefficient (Wildman–Crippen LogP) is 0.990. The molecule has 3 rings (SSSR count). The van der Waals surface area contributed by atoms with Crippen molar-refractivity contribution in [3.05, 3.63) is 18.2 Å². The third-order valence-electron chi connectivity index (χ3n) is 5.63. The van der Waals surface area contributed by atoms with Crippen LogP contribution in [0.3, 0.4) is 0 Å². The average Bonchev–Trinajstić information content (AvgIpc) is 2.73. The van der Waals surface area contributed by atoms with Crippen molar-refractivity contribution in [1.82, 2.24) is 14.7 Å². The molecule has 1 amide bonds. The van der Waals surface area contributed by atoms with Crippen LogP contribution in [0.15, 0.2) is 18.2 Å². The number of likely N-dealkylation sites (N-methyl/N-ethyl adjacent to an activating group) is 1. The number of ether oxygens (including phenoxy) is 2. The zero-order valence-electron chi connectivity index (χ0n) is 16.8. The molecular weight excluding hydrogens is 344 g/mol. The van der Waals surface area contributed by atoms with Gasteiger partial charge in [0.15, 0.2) is 0 Å². The van der Waals surface area contributed by atoms with Gasteiger partial charge in [0, 0.05) is 58.4 Å². The van der Waals surface area contributed by atoms with Crippen LogP contribution in [-0.2, 0) is 4.79 Å². The maximum Gasteiger partial charge on any atom is 0.236 e. The Hall–Kier alpha value is -1.99. The molecule has 2 aliphatic heterocycles. The molecule has 0 bridgehead atoms. The third kappa shape index (κ3) is 4.84. The van der Waals surface area contributed by atoms with E-state index >= 15 is 0 Å². The largest absolute Gasteiger partial charge is 0.497 e. The summed E-state index contributed by atoms with van der Waals surface area (Å²) in [5.74, 6) is 1.89. The lowest BCUT2D eigenvalue weighted by atomic mass is 10.2. The fourth-order valence-corrected chi connectivity index (χ4v) is 3.80. The number of hydrogen-bond donors (Lipinski definition) is 0. The third-order valence-corrected chi connectivity index (χ3v) is 5.63. The van der Waals surface area contributed by atoms with Crippen LogP contribution in [0, 0.1) is 0 Å². The number of piperazine rings is 2. The van der Waals surface area contributed by atoms with Crippen molar-refractivity contribution in [2.24, 2.45) is 0 Å². The maximum absolute atomic E-state index is 12.6. The monoisotopic (exact) mass is 376 g/mol. The van der Waals surface area contributed by atoms with Crippen molar-refractivity contribution in [2.75, 3.05) is 84.6 Å².